The molecule has 0 spiro atoms. The number of carbonyl (C=O) groups excluding carboxylic acids is 1. The lowest BCUT2D eigenvalue weighted by atomic mass is 10.0. The van der Waals surface area contributed by atoms with Gasteiger partial charge in [0.15, 0.2) is 0 Å². The van der Waals surface area contributed by atoms with Crippen molar-refractivity contribution < 1.29 is 9.53 Å². The molecule has 2 aliphatic rings. The second-order valence-electron chi connectivity index (χ2n) is 6.75. The van der Waals surface area contributed by atoms with E-state index in [-0.39, 0.29) is 12.3 Å². The summed E-state index contributed by atoms with van der Waals surface area (Å²) in [5, 5.41) is 3.33. The summed E-state index contributed by atoms with van der Waals surface area (Å²) in [5.74, 6) is 0. The van der Waals surface area contributed by atoms with Crippen LogP contribution in [0.5, 0.6) is 0 Å². The number of piperidine rings is 1. The summed E-state index contributed by atoms with van der Waals surface area (Å²) in [6, 6.07) is 0.551. The molecule has 2 rings (SSSR count). The lowest BCUT2D eigenvalue weighted by Crippen LogP contribution is -2.58. The molecule has 0 bridgehead atoms. The first-order valence-corrected chi connectivity index (χ1v) is 7.56. The maximum atomic E-state index is 12.0. The Bertz CT molecular complexity index is 327. The molecule has 20 heavy (non-hydrogen) atoms. The van der Waals surface area contributed by atoms with Crippen LogP contribution in [0.1, 0.15) is 33.6 Å². The molecule has 2 unspecified atom stereocenters. The van der Waals surface area contributed by atoms with Gasteiger partial charge < -0.3 is 20.7 Å². The summed E-state index contributed by atoms with van der Waals surface area (Å²) in [4.78, 5) is 16.3. The highest BCUT2D eigenvalue weighted by molar-refractivity contribution is 5.68. The van der Waals surface area contributed by atoms with Gasteiger partial charge >= 0.3 is 6.09 Å². The SMILES string of the molecule is CC(C)(C)OC(=O)N1CCN(C2CCC(N)NC2)CC1. The monoisotopic (exact) mass is 284 g/mol. The number of carbonyl (C=O) groups is 1. The number of nitrogens with two attached hydrogens (primary N) is 1. The number of ether oxygens (including phenoxy) is 1. The Balaban J connectivity index is 1.76. The molecule has 2 aliphatic heterocycles. The fourth-order valence-electron chi connectivity index (χ4n) is 2.77. The highest BCUT2D eigenvalue weighted by Gasteiger charge is 2.30. The van der Waals surface area contributed by atoms with Crippen LogP contribution >= 0.6 is 0 Å². The average Bonchev–Trinajstić information content (AvgIpc) is 2.38. The Kier molecular flexibility index (Phi) is 4.88. The van der Waals surface area contributed by atoms with Crippen molar-refractivity contribution in [2.24, 2.45) is 5.73 Å². The second-order valence-corrected chi connectivity index (χ2v) is 6.75. The third-order valence-corrected chi connectivity index (χ3v) is 3.91. The van der Waals surface area contributed by atoms with Gasteiger partial charge in [-0.25, -0.2) is 4.79 Å². The van der Waals surface area contributed by atoms with Crippen LogP contribution in [0.4, 0.5) is 4.79 Å². The highest BCUT2D eigenvalue weighted by atomic mass is 16.6. The number of piperazine rings is 1. The first kappa shape index (κ1) is 15.5. The molecule has 1 amide bonds. The van der Waals surface area contributed by atoms with E-state index in [1.165, 1.54) is 0 Å². The Morgan fingerprint density at radius 2 is 1.85 bits per heavy atom. The lowest BCUT2D eigenvalue weighted by molar-refractivity contribution is 0.00848. The van der Waals surface area contributed by atoms with E-state index < -0.39 is 5.60 Å². The van der Waals surface area contributed by atoms with Gasteiger partial charge in [-0.2, -0.15) is 0 Å². The van der Waals surface area contributed by atoms with Gasteiger partial charge in [0, 0.05) is 38.8 Å². The van der Waals surface area contributed by atoms with Crippen LogP contribution < -0.4 is 11.1 Å². The first-order chi connectivity index (χ1) is 9.35. The summed E-state index contributed by atoms with van der Waals surface area (Å²) >= 11 is 0. The maximum Gasteiger partial charge on any atom is 0.410 e. The fraction of sp³-hybridized carbons (Fsp3) is 0.929. The molecular weight excluding hydrogens is 256 g/mol. The number of rotatable bonds is 1. The van der Waals surface area contributed by atoms with Crippen LogP contribution in [0.25, 0.3) is 0 Å². The number of nitrogens with one attached hydrogen (secondary N) is 1. The van der Waals surface area contributed by atoms with E-state index in [9.17, 15) is 4.79 Å². The first-order valence-electron chi connectivity index (χ1n) is 7.56. The van der Waals surface area contributed by atoms with E-state index in [0.29, 0.717) is 6.04 Å². The summed E-state index contributed by atoms with van der Waals surface area (Å²) < 4.78 is 5.41. The number of amides is 1. The van der Waals surface area contributed by atoms with Gasteiger partial charge in [0.2, 0.25) is 0 Å². The van der Waals surface area contributed by atoms with Gasteiger partial charge in [-0.3, -0.25) is 4.90 Å². The quantitative estimate of drug-likeness (QED) is 0.737. The van der Waals surface area contributed by atoms with Gasteiger partial charge in [-0.15, -0.1) is 0 Å². The maximum absolute atomic E-state index is 12.0. The molecule has 2 fully saturated rings. The van der Waals surface area contributed by atoms with Crippen molar-refractivity contribution in [3.05, 3.63) is 0 Å². The van der Waals surface area contributed by atoms with E-state index in [1.54, 1.807) is 0 Å². The summed E-state index contributed by atoms with van der Waals surface area (Å²) in [6.45, 7) is 9.98. The lowest BCUT2D eigenvalue weighted by Gasteiger charge is -2.41. The Labute approximate surface area is 121 Å². The minimum absolute atomic E-state index is 0.148. The van der Waals surface area contributed by atoms with Crippen LogP contribution in [-0.4, -0.2) is 66.4 Å². The van der Waals surface area contributed by atoms with E-state index >= 15 is 0 Å². The zero-order valence-corrected chi connectivity index (χ0v) is 12.9. The van der Waals surface area contributed by atoms with Gasteiger partial charge in [0.1, 0.15) is 5.60 Å². The van der Waals surface area contributed by atoms with Crippen LogP contribution in [-0.2, 0) is 4.74 Å². The number of nitrogens with zero attached hydrogens (tertiary/aromatic N) is 2. The van der Waals surface area contributed by atoms with Crippen LogP contribution in [0.15, 0.2) is 0 Å². The predicted octanol–water partition coefficient (Wildman–Crippen LogP) is 0.576. The van der Waals surface area contributed by atoms with E-state index in [0.717, 1.165) is 45.6 Å². The zero-order chi connectivity index (χ0) is 14.8. The normalized spacial score (nSPS) is 29.3. The summed E-state index contributed by atoms with van der Waals surface area (Å²) in [7, 11) is 0. The molecule has 116 valence electrons. The van der Waals surface area contributed by atoms with Crippen molar-refractivity contribution in [2.45, 2.75) is 51.4 Å². The minimum atomic E-state index is -0.419. The van der Waals surface area contributed by atoms with Crippen LogP contribution in [0.3, 0.4) is 0 Å². The minimum Gasteiger partial charge on any atom is -0.444 e. The average molecular weight is 284 g/mol. The van der Waals surface area contributed by atoms with Gasteiger partial charge in [0.05, 0.1) is 6.17 Å². The van der Waals surface area contributed by atoms with Crippen molar-refractivity contribution in [1.29, 1.82) is 0 Å². The molecule has 0 radical (unpaired) electrons. The van der Waals surface area contributed by atoms with Crippen LogP contribution in [0.2, 0.25) is 0 Å². The highest BCUT2D eigenvalue weighted by Crippen LogP contribution is 2.16. The molecular formula is C14H28N4O2. The molecule has 0 aromatic rings. The summed E-state index contributed by atoms with van der Waals surface area (Å²) in [6.07, 6.45) is 2.12. The molecule has 2 saturated heterocycles. The van der Waals surface area contributed by atoms with Crippen molar-refractivity contribution in [2.75, 3.05) is 32.7 Å². The van der Waals surface area contributed by atoms with Crippen molar-refractivity contribution >= 4 is 6.09 Å². The predicted molar refractivity (Wildman–Crippen MR) is 78.4 cm³/mol. The van der Waals surface area contributed by atoms with E-state index in [4.69, 9.17) is 10.5 Å². The molecule has 2 atom stereocenters. The molecule has 0 aliphatic carbocycles. The Morgan fingerprint density at radius 1 is 1.20 bits per heavy atom. The molecule has 6 nitrogen and oxygen atoms in total. The molecule has 2 heterocycles. The summed E-state index contributed by atoms with van der Waals surface area (Å²) in [5.41, 5.74) is 5.43. The van der Waals surface area contributed by atoms with Gasteiger partial charge in [-0.1, -0.05) is 0 Å². The molecule has 3 N–H and O–H groups in total. The van der Waals surface area contributed by atoms with Crippen molar-refractivity contribution in [1.82, 2.24) is 15.1 Å². The fourth-order valence-corrected chi connectivity index (χ4v) is 2.77. The molecule has 0 aromatic heterocycles. The Morgan fingerprint density at radius 3 is 2.35 bits per heavy atom. The topological polar surface area (TPSA) is 70.8 Å². The standard InChI is InChI=1S/C14H28N4O2/c1-14(2,3)20-13(19)18-8-6-17(7-9-18)11-4-5-12(15)16-10-11/h11-12,16H,4-10,15H2,1-3H3. The molecule has 6 heteroatoms. The number of hydrogen-bond acceptors (Lipinski definition) is 5. The van der Waals surface area contributed by atoms with Crippen molar-refractivity contribution in [3.63, 3.8) is 0 Å². The van der Waals surface area contributed by atoms with E-state index in [2.05, 4.69) is 10.2 Å². The van der Waals surface area contributed by atoms with Crippen molar-refractivity contribution in [3.8, 4) is 0 Å². The van der Waals surface area contributed by atoms with Gasteiger partial charge in [-0.05, 0) is 33.6 Å². The van der Waals surface area contributed by atoms with Gasteiger partial charge in [0.25, 0.3) is 0 Å². The zero-order valence-electron chi connectivity index (χ0n) is 12.9. The largest absolute Gasteiger partial charge is 0.444 e. The van der Waals surface area contributed by atoms with Crippen LogP contribution in [0, 0.1) is 0 Å². The second kappa shape index (κ2) is 6.28. The molecule has 0 aromatic carbocycles. The molecule has 0 saturated carbocycles. The number of hydrogen-bond donors (Lipinski definition) is 2. The Hall–Kier alpha value is -0.850. The third-order valence-electron chi connectivity index (χ3n) is 3.91. The smallest absolute Gasteiger partial charge is 0.410 e. The third kappa shape index (κ3) is 4.33. The van der Waals surface area contributed by atoms with E-state index in [1.807, 2.05) is 25.7 Å².